The number of sulfonamides is 1. The van der Waals surface area contributed by atoms with E-state index in [1.165, 1.54) is 42.3 Å². The van der Waals surface area contributed by atoms with Crippen LogP contribution in [0.15, 0.2) is 77.7 Å². The van der Waals surface area contributed by atoms with Crippen molar-refractivity contribution in [2.45, 2.75) is 37.8 Å². The second-order valence-corrected chi connectivity index (χ2v) is 11.1. The average molecular weight is 563 g/mol. The quantitative estimate of drug-likeness (QED) is 0.375. The number of carbonyl (C=O) groups is 2. The lowest BCUT2D eigenvalue weighted by Crippen LogP contribution is -2.51. The molecule has 37 heavy (non-hydrogen) atoms. The fraction of sp³-hybridized carbons (Fsp3) is 0.259. The summed E-state index contributed by atoms with van der Waals surface area (Å²) in [5.74, 6) is -0.879. The number of rotatable bonds is 10. The summed E-state index contributed by atoms with van der Waals surface area (Å²) in [5.41, 5.74) is 1.87. The molecule has 3 aromatic rings. The maximum Gasteiger partial charge on any atom is 0.264 e. The molecule has 0 aliphatic heterocycles. The summed E-state index contributed by atoms with van der Waals surface area (Å²) < 4.78 is 28.6. The topological polar surface area (TPSA) is 86.8 Å². The van der Waals surface area contributed by atoms with Gasteiger partial charge in [-0.1, -0.05) is 78.2 Å². The molecule has 7 nitrogen and oxygen atoms in total. The number of halogens is 2. The molecule has 0 saturated heterocycles. The molecule has 1 unspecified atom stereocenters. The van der Waals surface area contributed by atoms with E-state index in [4.69, 9.17) is 23.2 Å². The highest BCUT2D eigenvalue weighted by molar-refractivity contribution is 7.92. The lowest BCUT2D eigenvalue weighted by molar-refractivity contribution is -0.140. The predicted octanol–water partition coefficient (Wildman–Crippen LogP) is 5.05. The van der Waals surface area contributed by atoms with Crippen LogP contribution in [0.4, 0.5) is 5.69 Å². The zero-order valence-electron chi connectivity index (χ0n) is 20.8. The molecule has 1 N–H and O–H groups in total. The second kappa shape index (κ2) is 12.4. The van der Waals surface area contributed by atoms with Crippen LogP contribution < -0.4 is 9.62 Å². The van der Waals surface area contributed by atoms with Crippen molar-refractivity contribution >= 4 is 50.7 Å². The normalized spacial score (nSPS) is 12.0. The van der Waals surface area contributed by atoms with Crippen molar-refractivity contribution in [2.24, 2.45) is 0 Å². The van der Waals surface area contributed by atoms with Crippen LogP contribution in [0.5, 0.6) is 0 Å². The maximum absolute atomic E-state index is 13.8. The van der Waals surface area contributed by atoms with E-state index in [0.29, 0.717) is 6.42 Å². The van der Waals surface area contributed by atoms with Gasteiger partial charge in [0.2, 0.25) is 11.8 Å². The lowest BCUT2D eigenvalue weighted by atomic mass is 10.1. The Hall–Kier alpha value is -3.07. The summed E-state index contributed by atoms with van der Waals surface area (Å²) in [6, 6.07) is 19.1. The number of anilines is 1. The van der Waals surface area contributed by atoms with E-state index in [2.05, 4.69) is 5.32 Å². The largest absolute Gasteiger partial charge is 0.357 e. The Kier molecular flexibility index (Phi) is 9.59. The summed E-state index contributed by atoms with van der Waals surface area (Å²) in [6.07, 6.45) is 0.343. The molecule has 0 bridgehead atoms. The van der Waals surface area contributed by atoms with Crippen LogP contribution in [-0.4, -0.2) is 44.8 Å². The molecular formula is C27H29Cl2N3O4S. The molecule has 0 spiro atoms. The van der Waals surface area contributed by atoms with Crippen molar-refractivity contribution in [1.29, 1.82) is 0 Å². The average Bonchev–Trinajstić information content (AvgIpc) is 2.89. The van der Waals surface area contributed by atoms with Crippen molar-refractivity contribution in [3.05, 3.63) is 94.0 Å². The number of likely N-dealkylation sites (N-methyl/N-ethyl adjacent to an activating group) is 1. The third-order valence-electron chi connectivity index (χ3n) is 5.91. The van der Waals surface area contributed by atoms with Gasteiger partial charge in [-0.3, -0.25) is 13.9 Å². The number of benzene rings is 3. The van der Waals surface area contributed by atoms with Gasteiger partial charge in [-0.05, 0) is 49.2 Å². The van der Waals surface area contributed by atoms with Crippen LogP contribution in [-0.2, 0) is 26.2 Å². The van der Waals surface area contributed by atoms with Gasteiger partial charge < -0.3 is 10.2 Å². The Bertz CT molecular complexity index is 1350. The fourth-order valence-corrected chi connectivity index (χ4v) is 5.57. The minimum atomic E-state index is -4.18. The van der Waals surface area contributed by atoms with E-state index in [1.807, 2.05) is 37.3 Å². The molecule has 3 aromatic carbocycles. The fourth-order valence-electron chi connectivity index (χ4n) is 3.87. The molecule has 0 aliphatic carbocycles. The van der Waals surface area contributed by atoms with Gasteiger partial charge in [-0.2, -0.15) is 0 Å². The molecule has 1 atom stereocenters. The molecule has 2 amide bonds. The number of hydrogen-bond donors (Lipinski definition) is 1. The van der Waals surface area contributed by atoms with Crippen LogP contribution in [0.3, 0.4) is 0 Å². The second-order valence-electron chi connectivity index (χ2n) is 8.47. The minimum absolute atomic E-state index is 0.0184. The van der Waals surface area contributed by atoms with Crippen molar-refractivity contribution in [2.75, 3.05) is 17.9 Å². The number of nitrogens with zero attached hydrogens (tertiary/aromatic N) is 2. The number of amides is 2. The van der Waals surface area contributed by atoms with Crippen molar-refractivity contribution in [3.63, 3.8) is 0 Å². The number of carbonyl (C=O) groups excluding carboxylic acids is 2. The Morgan fingerprint density at radius 1 is 0.946 bits per heavy atom. The monoisotopic (exact) mass is 561 g/mol. The van der Waals surface area contributed by atoms with Crippen LogP contribution in [0.25, 0.3) is 0 Å². The van der Waals surface area contributed by atoms with Crippen LogP contribution in [0, 0.1) is 6.92 Å². The zero-order valence-corrected chi connectivity index (χ0v) is 23.1. The molecule has 0 aliphatic rings. The van der Waals surface area contributed by atoms with E-state index in [9.17, 15) is 18.0 Å². The van der Waals surface area contributed by atoms with Gasteiger partial charge >= 0.3 is 0 Å². The van der Waals surface area contributed by atoms with E-state index in [1.54, 1.807) is 19.1 Å². The first kappa shape index (κ1) is 28.5. The summed E-state index contributed by atoms with van der Waals surface area (Å²) in [7, 11) is -2.68. The first-order valence-electron chi connectivity index (χ1n) is 11.7. The molecule has 0 heterocycles. The van der Waals surface area contributed by atoms with E-state index < -0.39 is 28.5 Å². The maximum atomic E-state index is 13.8. The highest BCUT2D eigenvalue weighted by Gasteiger charge is 2.33. The van der Waals surface area contributed by atoms with E-state index in [0.717, 1.165) is 15.4 Å². The van der Waals surface area contributed by atoms with Gasteiger partial charge in [0.15, 0.2) is 0 Å². The smallest absolute Gasteiger partial charge is 0.264 e. The number of aryl methyl sites for hydroxylation is 1. The van der Waals surface area contributed by atoms with Crippen LogP contribution >= 0.6 is 23.2 Å². The van der Waals surface area contributed by atoms with Crippen molar-refractivity contribution < 1.29 is 18.0 Å². The molecule has 0 saturated carbocycles. The third kappa shape index (κ3) is 6.83. The molecular weight excluding hydrogens is 533 g/mol. The zero-order chi connectivity index (χ0) is 27.2. The van der Waals surface area contributed by atoms with E-state index >= 15 is 0 Å². The molecule has 0 radical (unpaired) electrons. The highest BCUT2D eigenvalue weighted by atomic mass is 35.5. The van der Waals surface area contributed by atoms with Gasteiger partial charge in [-0.25, -0.2) is 8.42 Å². The highest BCUT2D eigenvalue weighted by Crippen LogP contribution is 2.31. The predicted molar refractivity (Wildman–Crippen MR) is 147 cm³/mol. The SMILES string of the molecule is CCC(C(=O)NC)N(Cc1ccccc1)C(=O)CN(c1ccc(Cl)c(Cl)c1)S(=O)(=O)c1ccc(C)cc1. The van der Waals surface area contributed by atoms with Gasteiger partial charge in [0, 0.05) is 13.6 Å². The van der Waals surface area contributed by atoms with Crippen LogP contribution in [0.2, 0.25) is 10.0 Å². The molecule has 10 heteroatoms. The van der Waals surface area contributed by atoms with Gasteiger partial charge in [0.25, 0.3) is 10.0 Å². The van der Waals surface area contributed by atoms with Crippen molar-refractivity contribution in [3.8, 4) is 0 Å². The Balaban J connectivity index is 2.07. The summed E-state index contributed by atoms with van der Waals surface area (Å²) in [4.78, 5) is 27.9. The van der Waals surface area contributed by atoms with Gasteiger partial charge in [-0.15, -0.1) is 0 Å². The summed E-state index contributed by atoms with van der Waals surface area (Å²) >= 11 is 12.3. The lowest BCUT2D eigenvalue weighted by Gasteiger charge is -2.33. The van der Waals surface area contributed by atoms with Gasteiger partial charge in [0.05, 0.1) is 20.6 Å². The molecule has 0 aromatic heterocycles. The Morgan fingerprint density at radius 2 is 1.59 bits per heavy atom. The molecule has 0 fully saturated rings. The minimum Gasteiger partial charge on any atom is -0.357 e. The Labute approximate surface area is 228 Å². The molecule has 196 valence electrons. The van der Waals surface area contributed by atoms with Crippen LogP contribution in [0.1, 0.15) is 24.5 Å². The first-order valence-corrected chi connectivity index (χ1v) is 13.9. The Morgan fingerprint density at radius 3 is 2.16 bits per heavy atom. The summed E-state index contributed by atoms with van der Waals surface area (Å²) in [6.45, 7) is 3.23. The number of nitrogens with one attached hydrogen (secondary N) is 1. The van der Waals surface area contributed by atoms with E-state index in [-0.39, 0.29) is 33.1 Å². The van der Waals surface area contributed by atoms with Crippen molar-refractivity contribution in [1.82, 2.24) is 10.2 Å². The molecule has 3 rings (SSSR count). The summed E-state index contributed by atoms with van der Waals surface area (Å²) in [5, 5.41) is 3.00. The third-order valence-corrected chi connectivity index (χ3v) is 8.43. The number of hydrogen-bond acceptors (Lipinski definition) is 4. The van der Waals surface area contributed by atoms with Gasteiger partial charge in [0.1, 0.15) is 12.6 Å². The first-order chi connectivity index (χ1) is 17.6. The standard InChI is InChI=1S/C27H29Cl2N3O4S/c1-4-25(27(34)30-3)31(17-20-8-6-5-7-9-20)26(33)18-32(21-12-15-23(28)24(29)16-21)37(35,36)22-13-10-19(2)11-14-22/h5-16,25H,4,17-18H2,1-3H3,(H,30,34).